The van der Waals surface area contributed by atoms with Gasteiger partial charge in [0.1, 0.15) is 5.82 Å². The molecule has 0 spiro atoms. The van der Waals surface area contributed by atoms with Crippen LogP contribution in [0.4, 0.5) is 4.39 Å². The number of carbonyl (C=O) groups is 2. The quantitative estimate of drug-likeness (QED) is 0.766. The number of aromatic nitrogens is 3. The van der Waals surface area contributed by atoms with Gasteiger partial charge in [0.15, 0.2) is 11.0 Å². The molecule has 3 N–H and O–H groups in total. The van der Waals surface area contributed by atoms with Crippen molar-refractivity contribution in [2.75, 3.05) is 5.75 Å². The first kappa shape index (κ1) is 16.9. The molecule has 0 aliphatic carbocycles. The van der Waals surface area contributed by atoms with Crippen LogP contribution < -0.4 is 11.1 Å². The monoisotopic (exact) mass is 337 g/mol. The lowest BCUT2D eigenvalue weighted by atomic mass is 10.2. The Morgan fingerprint density at radius 1 is 1.39 bits per heavy atom. The normalized spacial score (nSPS) is 12.0. The van der Waals surface area contributed by atoms with Crippen molar-refractivity contribution in [3.63, 3.8) is 0 Å². The summed E-state index contributed by atoms with van der Waals surface area (Å²) >= 11 is 1.15. The number of halogens is 1. The minimum absolute atomic E-state index is 0.0372. The molecule has 7 nitrogen and oxygen atoms in total. The lowest BCUT2D eigenvalue weighted by Gasteiger charge is -2.13. The summed E-state index contributed by atoms with van der Waals surface area (Å²) in [6.45, 7) is 1.71. The van der Waals surface area contributed by atoms with E-state index in [9.17, 15) is 14.0 Å². The van der Waals surface area contributed by atoms with Gasteiger partial charge in [-0.15, -0.1) is 10.2 Å². The molecule has 2 aromatic rings. The van der Waals surface area contributed by atoms with Crippen molar-refractivity contribution in [2.24, 2.45) is 12.8 Å². The number of hydrogen-bond acceptors (Lipinski definition) is 5. The first-order valence-electron chi connectivity index (χ1n) is 6.76. The van der Waals surface area contributed by atoms with Crippen LogP contribution in [-0.2, 0) is 11.8 Å². The number of carbonyl (C=O) groups excluding carboxylic acids is 2. The SMILES string of the molecule is C[C@H](NC(=O)c1ccccc1F)c1nnc(SCC(N)=O)n1C. The number of hydrogen-bond donors (Lipinski definition) is 2. The van der Waals surface area contributed by atoms with Crippen LogP contribution in [0, 0.1) is 5.82 Å². The van der Waals surface area contributed by atoms with Crippen LogP contribution in [-0.4, -0.2) is 32.3 Å². The van der Waals surface area contributed by atoms with Crippen molar-refractivity contribution in [1.82, 2.24) is 20.1 Å². The third-order valence-corrected chi connectivity index (χ3v) is 4.11. The molecule has 0 fully saturated rings. The van der Waals surface area contributed by atoms with Gasteiger partial charge in [-0.1, -0.05) is 23.9 Å². The molecule has 0 aliphatic heterocycles. The van der Waals surface area contributed by atoms with Gasteiger partial charge < -0.3 is 15.6 Å². The van der Waals surface area contributed by atoms with Crippen molar-refractivity contribution < 1.29 is 14.0 Å². The van der Waals surface area contributed by atoms with Crippen molar-refractivity contribution >= 4 is 23.6 Å². The standard InChI is InChI=1S/C14H16FN5O2S/c1-8(17-13(22)9-5-3-4-6-10(9)15)12-18-19-14(20(12)2)23-7-11(16)21/h3-6,8H,7H2,1-2H3,(H2,16,21)(H,17,22)/t8-/m0/s1. The molecule has 23 heavy (non-hydrogen) atoms. The van der Waals surface area contributed by atoms with Crippen molar-refractivity contribution in [2.45, 2.75) is 18.1 Å². The van der Waals surface area contributed by atoms with E-state index in [-0.39, 0.29) is 11.3 Å². The highest BCUT2D eigenvalue weighted by molar-refractivity contribution is 7.99. The molecular weight excluding hydrogens is 321 g/mol. The molecule has 1 heterocycles. The number of nitrogens with zero attached hydrogens (tertiary/aromatic N) is 3. The maximum atomic E-state index is 13.6. The number of rotatable bonds is 6. The van der Waals surface area contributed by atoms with E-state index in [2.05, 4.69) is 15.5 Å². The van der Waals surface area contributed by atoms with Gasteiger partial charge in [-0.2, -0.15) is 0 Å². The molecule has 0 bridgehead atoms. The van der Waals surface area contributed by atoms with Crippen LogP contribution in [0.3, 0.4) is 0 Å². The zero-order valence-electron chi connectivity index (χ0n) is 12.6. The third kappa shape index (κ3) is 4.07. The summed E-state index contributed by atoms with van der Waals surface area (Å²) in [6.07, 6.45) is 0. The molecule has 0 aliphatic rings. The maximum absolute atomic E-state index is 13.6. The summed E-state index contributed by atoms with van der Waals surface area (Å²) in [5.74, 6) is -1.01. The van der Waals surface area contributed by atoms with Gasteiger partial charge in [0.05, 0.1) is 17.4 Å². The average molecular weight is 337 g/mol. The zero-order chi connectivity index (χ0) is 17.0. The number of nitrogens with two attached hydrogens (primary N) is 1. The molecule has 0 saturated heterocycles. The molecule has 2 rings (SSSR count). The Morgan fingerprint density at radius 3 is 2.74 bits per heavy atom. The molecule has 0 unspecified atom stereocenters. The fourth-order valence-electron chi connectivity index (χ4n) is 1.95. The van der Waals surface area contributed by atoms with Gasteiger partial charge in [0, 0.05) is 7.05 Å². The van der Waals surface area contributed by atoms with E-state index in [4.69, 9.17) is 5.73 Å². The molecule has 122 valence electrons. The van der Waals surface area contributed by atoms with Gasteiger partial charge in [-0.3, -0.25) is 9.59 Å². The highest BCUT2D eigenvalue weighted by Gasteiger charge is 2.20. The molecule has 1 atom stereocenters. The lowest BCUT2D eigenvalue weighted by molar-refractivity contribution is -0.115. The van der Waals surface area contributed by atoms with Gasteiger partial charge >= 0.3 is 0 Å². The summed E-state index contributed by atoms with van der Waals surface area (Å²) in [6, 6.07) is 5.25. The molecule has 1 aromatic carbocycles. The number of benzene rings is 1. The highest BCUT2D eigenvalue weighted by atomic mass is 32.2. The van der Waals surface area contributed by atoms with Crippen LogP contribution in [0.5, 0.6) is 0 Å². The fraction of sp³-hybridized carbons (Fsp3) is 0.286. The minimum Gasteiger partial charge on any atom is -0.369 e. The van der Waals surface area contributed by atoms with Crippen molar-refractivity contribution in [3.8, 4) is 0 Å². The number of primary amides is 1. The summed E-state index contributed by atoms with van der Waals surface area (Å²) in [5.41, 5.74) is 5.05. The topological polar surface area (TPSA) is 103 Å². The molecule has 1 aromatic heterocycles. The van der Waals surface area contributed by atoms with E-state index in [0.29, 0.717) is 11.0 Å². The van der Waals surface area contributed by atoms with E-state index >= 15 is 0 Å². The van der Waals surface area contributed by atoms with Crippen LogP contribution in [0.15, 0.2) is 29.4 Å². The second kappa shape index (κ2) is 7.23. The van der Waals surface area contributed by atoms with Gasteiger partial charge in [-0.05, 0) is 19.1 Å². The van der Waals surface area contributed by atoms with Crippen molar-refractivity contribution in [3.05, 3.63) is 41.5 Å². The first-order valence-corrected chi connectivity index (χ1v) is 7.74. The fourth-order valence-corrected chi connectivity index (χ4v) is 2.61. The number of amides is 2. The van der Waals surface area contributed by atoms with Crippen molar-refractivity contribution in [1.29, 1.82) is 0 Å². The van der Waals surface area contributed by atoms with Gasteiger partial charge in [0.25, 0.3) is 5.91 Å². The van der Waals surface area contributed by atoms with Crippen LogP contribution in [0.2, 0.25) is 0 Å². The smallest absolute Gasteiger partial charge is 0.254 e. The molecule has 9 heteroatoms. The maximum Gasteiger partial charge on any atom is 0.254 e. The Kier molecular flexibility index (Phi) is 5.32. The summed E-state index contributed by atoms with van der Waals surface area (Å²) in [5, 5.41) is 11.1. The van der Waals surface area contributed by atoms with Gasteiger partial charge in [-0.25, -0.2) is 4.39 Å². The summed E-state index contributed by atoms with van der Waals surface area (Å²) < 4.78 is 15.3. The second-order valence-corrected chi connectivity index (χ2v) is 5.77. The molecular formula is C14H16FN5O2S. The van der Waals surface area contributed by atoms with Crippen LogP contribution >= 0.6 is 11.8 Å². The van der Waals surface area contributed by atoms with E-state index in [1.807, 2.05) is 0 Å². The number of thioether (sulfide) groups is 1. The predicted molar refractivity (Wildman–Crippen MR) is 83.2 cm³/mol. The lowest BCUT2D eigenvalue weighted by Crippen LogP contribution is -2.29. The van der Waals surface area contributed by atoms with E-state index < -0.39 is 23.7 Å². The Morgan fingerprint density at radius 2 is 2.09 bits per heavy atom. The van der Waals surface area contributed by atoms with Crippen LogP contribution in [0.1, 0.15) is 29.1 Å². The predicted octanol–water partition coefficient (Wildman–Crippen LogP) is 1.02. The Labute approximate surface area is 136 Å². The third-order valence-electron chi connectivity index (χ3n) is 3.07. The van der Waals surface area contributed by atoms with E-state index in [1.165, 1.54) is 18.2 Å². The minimum atomic E-state index is -0.590. The highest BCUT2D eigenvalue weighted by Crippen LogP contribution is 2.19. The second-order valence-electron chi connectivity index (χ2n) is 4.83. The Bertz CT molecular complexity index is 734. The molecule has 0 radical (unpaired) electrons. The first-order chi connectivity index (χ1) is 10.9. The average Bonchev–Trinajstić information content (AvgIpc) is 2.86. The summed E-state index contributed by atoms with van der Waals surface area (Å²) in [7, 11) is 1.71. The Balaban J connectivity index is 2.09. The summed E-state index contributed by atoms with van der Waals surface area (Å²) in [4.78, 5) is 22.9. The zero-order valence-corrected chi connectivity index (χ0v) is 13.4. The van der Waals surface area contributed by atoms with E-state index in [1.54, 1.807) is 24.6 Å². The van der Waals surface area contributed by atoms with Gasteiger partial charge in [0.2, 0.25) is 5.91 Å². The van der Waals surface area contributed by atoms with Crippen LogP contribution in [0.25, 0.3) is 0 Å². The number of nitrogens with one attached hydrogen (secondary N) is 1. The molecule has 2 amide bonds. The Hall–Kier alpha value is -2.42. The molecule has 0 saturated carbocycles. The van der Waals surface area contributed by atoms with E-state index in [0.717, 1.165) is 11.8 Å². The largest absolute Gasteiger partial charge is 0.369 e.